The number of hydrogen-bond acceptors (Lipinski definition) is 6. The maximum atomic E-state index is 14.0. The van der Waals surface area contributed by atoms with E-state index in [1.807, 2.05) is 37.4 Å². The second-order valence-corrected chi connectivity index (χ2v) is 8.11. The summed E-state index contributed by atoms with van der Waals surface area (Å²) >= 11 is 1.65. The molecule has 0 saturated heterocycles. The van der Waals surface area contributed by atoms with E-state index in [4.69, 9.17) is 9.26 Å². The molecule has 2 heterocycles. The fraction of sp³-hybridized carbons (Fsp3) is 0.261. The number of nitrogens with one attached hydrogen (secondary N) is 1. The van der Waals surface area contributed by atoms with Gasteiger partial charge in [-0.25, -0.2) is 9.18 Å². The molecule has 2 amide bonds. The predicted octanol–water partition coefficient (Wildman–Crippen LogP) is 4.74. The van der Waals surface area contributed by atoms with Gasteiger partial charge in [-0.2, -0.15) is 4.98 Å². The number of methoxy groups -OCH3 is 1. The highest BCUT2D eigenvalue weighted by atomic mass is 32.2. The standard InChI is InChI=1S/C23H23FN4O3S/c1-14-19(22-26-21(27-31-22)15-7-9-18(32-3)10-8-15)20(16-5-4-6-17(24)13-16)25-23(29)28(14)11-12-30-2/h4-10,13,20H,11-12H2,1-3H3,(H,25,29). The summed E-state index contributed by atoms with van der Waals surface area (Å²) in [6.45, 7) is 2.53. The van der Waals surface area contributed by atoms with E-state index in [1.54, 1.807) is 35.9 Å². The molecule has 9 heteroatoms. The summed E-state index contributed by atoms with van der Waals surface area (Å²) in [4.78, 5) is 20.1. The number of amides is 2. The Balaban J connectivity index is 1.78. The lowest BCUT2D eigenvalue weighted by atomic mass is 9.94. The molecular weight excluding hydrogens is 431 g/mol. The molecule has 0 aliphatic carbocycles. The van der Waals surface area contributed by atoms with Crippen LogP contribution in [0.5, 0.6) is 0 Å². The summed E-state index contributed by atoms with van der Waals surface area (Å²) in [6.07, 6.45) is 2.01. The van der Waals surface area contributed by atoms with Gasteiger partial charge in [-0.15, -0.1) is 11.8 Å². The first-order valence-electron chi connectivity index (χ1n) is 10.0. The summed E-state index contributed by atoms with van der Waals surface area (Å²) in [5.74, 6) is 0.310. The van der Waals surface area contributed by atoms with E-state index in [-0.39, 0.29) is 11.9 Å². The number of thioether (sulfide) groups is 1. The molecule has 4 rings (SSSR count). The normalized spacial score (nSPS) is 16.4. The summed E-state index contributed by atoms with van der Waals surface area (Å²) in [5.41, 5.74) is 2.66. The van der Waals surface area contributed by atoms with Gasteiger partial charge in [0.15, 0.2) is 0 Å². The van der Waals surface area contributed by atoms with Crippen LogP contribution in [0.1, 0.15) is 24.4 Å². The monoisotopic (exact) mass is 454 g/mol. The van der Waals surface area contributed by atoms with Crippen molar-refractivity contribution in [3.63, 3.8) is 0 Å². The zero-order chi connectivity index (χ0) is 22.7. The Morgan fingerprint density at radius 3 is 2.72 bits per heavy atom. The molecule has 3 aromatic rings. The minimum absolute atomic E-state index is 0.267. The number of rotatable bonds is 7. The van der Waals surface area contributed by atoms with Crippen molar-refractivity contribution in [1.29, 1.82) is 0 Å². The first kappa shape index (κ1) is 22.0. The lowest BCUT2D eigenvalue weighted by Gasteiger charge is -2.35. The molecule has 0 bridgehead atoms. The Morgan fingerprint density at radius 1 is 1.25 bits per heavy atom. The van der Waals surface area contributed by atoms with Crippen LogP contribution in [0.3, 0.4) is 0 Å². The van der Waals surface area contributed by atoms with E-state index in [0.717, 1.165) is 10.5 Å². The lowest BCUT2D eigenvalue weighted by Crippen LogP contribution is -2.47. The first-order valence-corrected chi connectivity index (χ1v) is 11.3. The average Bonchev–Trinajstić information content (AvgIpc) is 3.28. The molecule has 0 spiro atoms. The molecule has 2 aromatic carbocycles. The van der Waals surface area contributed by atoms with Gasteiger partial charge in [0.1, 0.15) is 5.82 Å². The number of carbonyl (C=O) groups excluding carboxylic acids is 1. The summed E-state index contributed by atoms with van der Waals surface area (Å²) in [5, 5.41) is 7.08. The Labute approximate surface area is 189 Å². The Kier molecular flexibility index (Phi) is 6.57. The second-order valence-electron chi connectivity index (χ2n) is 7.23. The van der Waals surface area contributed by atoms with Crippen molar-refractivity contribution in [2.45, 2.75) is 17.9 Å². The van der Waals surface area contributed by atoms with E-state index >= 15 is 0 Å². The molecule has 1 aliphatic heterocycles. The summed E-state index contributed by atoms with van der Waals surface area (Å²) < 4.78 is 24.7. The molecule has 0 fully saturated rings. The number of aromatic nitrogens is 2. The molecule has 1 aliphatic rings. The van der Waals surface area contributed by atoms with Crippen LogP contribution in [0.4, 0.5) is 9.18 Å². The highest BCUT2D eigenvalue weighted by Gasteiger charge is 2.35. The van der Waals surface area contributed by atoms with Gasteiger partial charge in [0.25, 0.3) is 5.89 Å². The van der Waals surface area contributed by atoms with Crippen LogP contribution in [0.15, 0.2) is 63.6 Å². The van der Waals surface area contributed by atoms with Crippen molar-refractivity contribution < 1.29 is 18.4 Å². The molecular formula is C23H23FN4O3S. The quantitative estimate of drug-likeness (QED) is 0.520. The fourth-order valence-corrected chi connectivity index (χ4v) is 4.04. The summed E-state index contributed by atoms with van der Waals surface area (Å²) in [6, 6.07) is 13.0. The molecule has 1 N–H and O–H groups in total. The maximum absolute atomic E-state index is 14.0. The van der Waals surface area contributed by atoms with Crippen LogP contribution in [0, 0.1) is 5.82 Å². The van der Waals surface area contributed by atoms with Crippen molar-refractivity contribution in [1.82, 2.24) is 20.4 Å². The van der Waals surface area contributed by atoms with Crippen molar-refractivity contribution >= 4 is 23.4 Å². The van der Waals surface area contributed by atoms with E-state index < -0.39 is 11.9 Å². The Bertz CT molecular complexity index is 1150. The third-order valence-corrected chi connectivity index (χ3v) is 6.05. The van der Waals surface area contributed by atoms with Gasteiger partial charge in [0, 0.05) is 23.3 Å². The SMILES string of the molecule is COCCN1C(=O)NC(c2cccc(F)c2)C(c2nc(-c3ccc(SC)cc3)no2)=C1C. The zero-order valence-electron chi connectivity index (χ0n) is 18.0. The fourth-order valence-electron chi connectivity index (χ4n) is 3.64. The maximum Gasteiger partial charge on any atom is 0.322 e. The molecule has 1 unspecified atom stereocenters. The van der Waals surface area contributed by atoms with Crippen molar-refractivity contribution in [2.24, 2.45) is 0 Å². The van der Waals surface area contributed by atoms with Crippen LogP contribution in [0.25, 0.3) is 17.0 Å². The van der Waals surface area contributed by atoms with Crippen molar-refractivity contribution in [3.8, 4) is 11.4 Å². The van der Waals surface area contributed by atoms with Gasteiger partial charge in [-0.05, 0) is 55.1 Å². The smallest absolute Gasteiger partial charge is 0.322 e. The number of ether oxygens (including phenoxy) is 1. The van der Waals surface area contributed by atoms with Gasteiger partial charge >= 0.3 is 6.03 Å². The second kappa shape index (κ2) is 9.54. The lowest BCUT2D eigenvalue weighted by molar-refractivity contribution is 0.158. The minimum atomic E-state index is -0.635. The predicted molar refractivity (Wildman–Crippen MR) is 120 cm³/mol. The third kappa shape index (κ3) is 4.39. The van der Waals surface area contributed by atoms with E-state index in [2.05, 4.69) is 15.5 Å². The molecule has 32 heavy (non-hydrogen) atoms. The molecule has 166 valence electrons. The molecule has 1 aromatic heterocycles. The molecule has 7 nitrogen and oxygen atoms in total. The number of benzene rings is 2. The molecule has 1 atom stereocenters. The van der Waals surface area contributed by atoms with E-state index in [1.165, 1.54) is 12.1 Å². The number of nitrogens with zero attached hydrogens (tertiary/aromatic N) is 3. The van der Waals surface area contributed by atoms with Crippen molar-refractivity contribution in [2.75, 3.05) is 26.5 Å². The zero-order valence-corrected chi connectivity index (χ0v) is 18.8. The topological polar surface area (TPSA) is 80.5 Å². The van der Waals surface area contributed by atoms with Crippen molar-refractivity contribution in [3.05, 3.63) is 71.5 Å². The van der Waals surface area contributed by atoms with Crippen LogP contribution >= 0.6 is 11.8 Å². The summed E-state index contributed by atoms with van der Waals surface area (Å²) in [7, 11) is 1.57. The number of hydrogen-bond donors (Lipinski definition) is 1. The van der Waals surface area contributed by atoms with Gasteiger partial charge in [-0.3, -0.25) is 4.90 Å². The number of urea groups is 1. The Morgan fingerprint density at radius 2 is 2.03 bits per heavy atom. The Hall–Kier alpha value is -3.17. The molecule has 0 saturated carbocycles. The first-order chi connectivity index (χ1) is 15.5. The largest absolute Gasteiger partial charge is 0.383 e. The third-order valence-electron chi connectivity index (χ3n) is 5.30. The van der Waals surface area contributed by atoms with Crippen LogP contribution in [0.2, 0.25) is 0 Å². The van der Waals surface area contributed by atoms with Gasteiger partial charge < -0.3 is 14.6 Å². The number of halogens is 1. The van der Waals surface area contributed by atoms with E-state index in [0.29, 0.717) is 35.8 Å². The highest BCUT2D eigenvalue weighted by molar-refractivity contribution is 7.98. The minimum Gasteiger partial charge on any atom is -0.383 e. The van der Waals surface area contributed by atoms with Crippen LogP contribution in [-0.2, 0) is 4.74 Å². The van der Waals surface area contributed by atoms with Gasteiger partial charge in [0.05, 0.1) is 24.8 Å². The van der Waals surface area contributed by atoms with Crippen LogP contribution in [-0.4, -0.2) is 47.6 Å². The van der Waals surface area contributed by atoms with Crippen LogP contribution < -0.4 is 5.32 Å². The number of allylic oxidation sites excluding steroid dienone is 1. The molecule has 0 radical (unpaired) electrons. The van der Waals surface area contributed by atoms with E-state index in [9.17, 15) is 9.18 Å². The van der Waals surface area contributed by atoms with Gasteiger partial charge in [-0.1, -0.05) is 17.3 Å². The highest BCUT2D eigenvalue weighted by Crippen LogP contribution is 2.37. The average molecular weight is 455 g/mol. The van der Waals surface area contributed by atoms with Gasteiger partial charge in [0.2, 0.25) is 5.82 Å². The number of carbonyl (C=O) groups is 1.